The molecule has 34 heavy (non-hydrogen) atoms. The highest BCUT2D eigenvalue weighted by Crippen LogP contribution is 2.30. The minimum absolute atomic E-state index is 0.0144. The van der Waals surface area contributed by atoms with Crippen LogP contribution in [0, 0.1) is 5.82 Å². The van der Waals surface area contributed by atoms with E-state index in [4.69, 9.17) is 0 Å². The van der Waals surface area contributed by atoms with Gasteiger partial charge in [-0.2, -0.15) is 9.10 Å². The largest absolute Gasteiger partial charge is 0.478 e. The Morgan fingerprint density at radius 3 is 2.47 bits per heavy atom. The summed E-state index contributed by atoms with van der Waals surface area (Å²) in [5.41, 5.74) is 1.65. The molecule has 2 aromatic carbocycles. The number of pyridine rings is 1. The molecule has 10 nitrogen and oxygen atoms in total. The summed E-state index contributed by atoms with van der Waals surface area (Å²) in [6.07, 6.45) is 0. The highest BCUT2D eigenvalue weighted by Gasteiger charge is 2.27. The molecule has 2 aromatic heterocycles. The van der Waals surface area contributed by atoms with Crippen molar-refractivity contribution in [1.29, 1.82) is 0 Å². The zero-order chi connectivity index (χ0) is 24.0. The van der Waals surface area contributed by atoms with Crippen LogP contribution in [0.2, 0.25) is 0 Å². The number of piperazine rings is 1. The van der Waals surface area contributed by atoms with Gasteiger partial charge in [-0.05, 0) is 37.3 Å². The summed E-state index contributed by atoms with van der Waals surface area (Å²) >= 11 is 0. The van der Waals surface area contributed by atoms with Crippen LogP contribution in [0.25, 0.3) is 27.6 Å². The van der Waals surface area contributed by atoms with Crippen LogP contribution in [-0.4, -0.2) is 75.7 Å². The number of carboxylic acid groups (broad SMARTS) is 1. The number of aromatic carboxylic acids is 1. The number of aromatic nitrogens is 4. The van der Waals surface area contributed by atoms with Crippen LogP contribution in [0.3, 0.4) is 0 Å². The van der Waals surface area contributed by atoms with Gasteiger partial charge in [-0.25, -0.2) is 22.6 Å². The van der Waals surface area contributed by atoms with Crippen LogP contribution in [0.15, 0.2) is 42.5 Å². The van der Waals surface area contributed by atoms with Crippen LogP contribution in [-0.2, 0) is 10.0 Å². The van der Waals surface area contributed by atoms with Crippen LogP contribution in [0.4, 0.5) is 10.2 Å². The third-order valence-corrected chi connectivity index (χ3v) is 7.78. The Morgan fingerprint density at radius 2 is 1.79 bits per heavy atom. The van der Waals surface area contributed by atoms with E-state index < -0.39 is 21.8 Å². The summed E-state index contributed by atoms with van der Waals surface area (Å²) in [5, 5.41) is 19.1. The van der Waals surface area contributed by atoms with Crippen LogP contribution < -0.4 is 4.90 Å². The standard InChI is InChI=1S/C22H21FN6O4S/c1-2-34(32,33)28-10-8-27(9-11-28)19-13-16(22(30)31)20-17(24-19)6-7-18-21(20)26-29(25-18)15-5-3-4-14(23)12-15/h3-7,12-13H,2,8-11H2,1H3,(H,30,31). The fourth-order valence-corrected chi connectivity index (χ4v) is 5.20. The molecule has 1 N–H and O–H groups in total. The minimum atomic E-state index is -3.28. The van der Waals surface area contributed by atoms with E-state index in [1.54, 1.807) is 31.2 Å². The predicted octanol–water partition coefficient (Wildman–Crippen LogP) is 2.28. The number of hydrogen-bond donors (Lipinski definition) is 1. The zero-order valence-electron chi connectivity index (χ0n) is 18.2. The summed E-state index contributed by atoms with van der Waals surface area (Å²) in [6, 6.07) is 10.6. The Kier molecular flexibility index (Phi) is 5.41. The molecule has 0 amide bonds. The molecule has 1 saturated heterocycles. The van der Waals surface area contributed by atoms with E-state index in [1.165, 1.54) is 27.3 Å². The van der Waals surface area contributed by atoms with E-state index in [-0.39, 0.29) is 11.3 Å². The molecule has 4 aromatic rings. The maximum absolute atomic E-state index is 13.7. The number of benzene rings is 2. The van der Waals surface area contributed by atoms with Gasteiger partial charge in [0, 0.05) is 37.6 Å². The van der Waals surface area contributed by atoms with Crippen molar-refractivity contribution in [3.05, 3.63) is 53.8 Å². The minimum Gasteiger partial charge on any atom is -0.478 e. The van der Waals surface area contributed by atoms with E-state index in [2.05, 4.69) is 15.2 Å². The summed E-state index contributed by atoms with van der Waals surface area (Å²) in [7, 11) is -3.28. The van der Waals surface area contributed by atoms with Crippen molar-refractivity contribution in [2.75, 3.05) is 36.8 Å². The smallest absolute Gasteiger partial charge is 0.336 e. The van der Waals surface area contributed by atoms with Gasteiger partial charge in [0.25, 0.3) is 0 Å². The molecular formula is C22H21FN6O4S. The lowest BCUT2D eigenvalue weighted by molar-refractivity contribution is 0.0699. The van der Waals surface area contributed by atoms with Crippen molar-refractivity contribution < 1.29 is 22.7 Å². The number of fused-ring (bicyclic) bond motifs is 3. The maximum Gasteiger partial charge on any atom is 0.336 e. The molecule has 1 aliphatic heterocycles. The number of halogens is 1. The van der Waals surface area contributed by atoms with Crippen molar-refractivity contribution in [1.82, 2.24) is 24.3 Å². The lowest BCUT2D eigenvalue weighted by Crippen LogP contribution is -2.49. The first-order valence-electron chi connectivity index (χ1n) is 10.7. The monoisotopic (exact) mass is 484 g/mol. The van der Waals surface area contributed by atoms with E-state index in [1.807, 2.05) is 4.90 Å². The molecule has 0 aliphatic carbocycles. The molecule has 1 fully saturated rings. The quantitative estimate of drug-likeness (QED) is 0.458. The van der Waals surface area contributed by atoms with E-state index >= 15 is 0 Å². The third-order valence-electron chi connectivity index (χ3n) is 5.90. The number of sulfonamides is 1. The molecule has 3 heterocycles. The van der Waals surface area contributed by atoms with Gasteiger partial charge in [0.1, 0.15) is 22.7 Å². The zero-order valence-corrected chi connectivity index (χ0v) is 19.0. The topological polar surface area (TPSA) is 122 Å². The molecule has 0 atom stereocenters. The molecule has 5 rings (SSSR count). The molecule has 1 aliphatic rings. The van der Waals surface area contributed by atoms with Crippen LogP contribution in [0.5, 0.6) is 0 Å². The van der Waals surface area contributed by atoms with Gasteiger partial charge in [-0.1, -0.05) is 6.07 Å². The fourth-order valence-electron chi connectivity index (χ4n) is 4.11. The van der Waals surface area contributed by atoms with Crippen LogP contribution in [0.1, 0.15) is 17.3 Å². The molecule has 0 unspecified atom stereocenters. The van der Waals surface area contributed by atoms with Gasteiger partial charge in [0.15, 0.2) is 0 Å². The van der Waals surface area contributed by atoms with E-state index in [0.29, 0.717) is 59.6 Å². The fraction of sp³-hybridized carbons (Fsp3) is 0.273. The molecular weight excluding hydrogens is 463 g/mol. The average Bonchev–Trinajstić information content (AvgIpc) is 3.28. The number of carboxylic acids is 1. The first-order valence-corrected chi connectivity index (χ1v) is 12.3. The number of anilines is 1. The summed E-state index contributed by atoms with van der Waals surface area (Å²) in [6.45, 7) is 3.01. The third kappa shape index (κ3) is 3.84. The lowest BCUT2D eigenvalue weighted by atomic mass is 10.1. The SMILES string of the molecule is CCS(=O)(=O)N1CCN(c2cc(C(=O)O)c3c(ccc4nn(-c5cccc(F)c5)nc43)n2)CC1. The first kappa shape index (κ1) is 22.2. The van der Waals surface area contributed by atoms with Gasteiger partial charge >= 0.3 is 5.97 Å². The Bertz CT molecular complexity index is 1530. The summed E-state index contributed by atoms with van der Waals surface area (Å²) in [5.74, 6) is -1.09. The highest BCUT2D eigenvalue weighted by molar-refractivity contribution is 7.89. The Morgan fingerprint density at radius 1 is 1.06 bits per heavy atom. The second-order valence-electron chi connectivity index (χ2n) is 7.92. The summed E-state index contributed by atoms with van der Waals surface area (Å²) < 4.78 is 39.4. The van der Waals surface area contributed by atoms with Crippen molar-refractivity contribution >= 4 is 43.7 Å². The number of nitrogens with zero attached hydrogens (tertiary/aromatic N) is 6. The van der Waals surface area contributed by atoms with E-state index in [0.717, 1.165) is 0 Å². The Labute approximate surface area is 194 Å². The second kappa shape index (κ2) is 8.29. The van der Waals surface area contributed by atoms with E-state index in [9.17, 15) is 22.7 Å². The van der Waals surface area contributed by atoms with Crippen LogP contribution >= 0.6 is 0 Å². The van der Waals surface area contributed by atoms with Crippen molar-refractivity contribution in [2.45, 2.75) is 6.92 Å². The van der Waals surface area contributed by atoms with Crippen molar-refractivity contribution in [2.24, 2.45) is 0 Å². The Balaban J connectivity index is 1.57. The summed E-state index contributed by atoms with van der Waals surface area (Å²) in [4.78, 5) is 20.0. The lowest BCUT2D eigenvalue weighted by Gasteiger charge is -2.34. The number of hydrogen-bond acceptors (Lipinski definition) is 7. The molecule has 176 valence electrons. The first-order chi connectivity index (χ1) is 16.3. The number of carbonyl (C=O) groups is 1. The molecule has 0 spiro atoms. The second-order valence-corrected chi connectivity index (χ2v) is 10.2. The van der Waals surface area contributed by atoms with Gasteiger partial charge in [0.2, 0.25) is 10.0 Å². The number of rotatable bonds is 5. The van der Waals surface area contributed by atoms with Gasteiger partial charge in [0.05, 0.1) is 22.5 Å². The molecule has 0 radical (unpaired) electrons. The molecule has 0 saturated carbocycles. The van der Waals surface area contributed by atoms with Gasteiger partial charge in [-0.15, -0.1) is 10.2 Å². The maximum atomic E-state index is 13.7. The van der Waals surface area contributed by atoms with Crippen molar-refractivity contribution in [3.8, 4) is 5.69 Å². The van der Waals surface area contributed by atoms with Gasteiger partial charge in [-0.3, -0.25) is 0 Å². The average molecular weight is 485 g/mol. The normalized spacial score (nSPS) is 15.3. The predicted molar refractivity (Wildman–Crippen MR) is 124 cm³/mol. The highest BCUT2D eigenvalue weighted by atomic mass is 32.2. The molecule has 0 bridgehead atoms. The van der Waals surface area contributed by atoms with Gasteiger partial charge < -0.3 is 10.0 Å². The molecule has 12 heteroatoms. The van der Waals surface area contributed by atoms with Crippen molar-refractivity contribution in [3.63, 3.8) is 0 Å². The Hall–Kier alpha value is -3.64.